The van der Waals surface area contributed by atoms with Crippen molar-refractivity contribution in [1.82, 2.24) is 5.32 Å². The Morgan fingerprint density at radius 2 is 2.22 bits per heavy atom. The van der Waals surface area contributed by atoms with Gasteiger partial charge in [-0.15, -0.1) is 0 Å². The van der Waals surface area contributed by atoms with E-state index in [4.69, 9.17) is 4.74 Å². The molecular formula is C15H25NO2. The standard InChI is InChI=1S/C15H25NO2/c1-6-7-12(16-11(2)3)10-13-8-9-14(17)15(4,5)18-13/h6-7,10-11,14,16-17H,1,8-9H2,2-5H3/b12-7+,13-10+. The van der Waals surface area contributed by atoms with Crippen LogP contribution in [0, 0.1) is 0 Å². The quantitative estimate of drug-likeness (QED) is 0.755. The van der Waals surface area contributed by atoms with Crippen molar-refractivity contribution in [2.45, 2.75) is 58.3 Å². The van der Waals surface area contributed by atoms with E-state index in [1.807, 2.05) is 26.0 Å². The van der Waals surface area contributed by atoms with E-state index in [1.165, 1.54) is 0 Å². The van der Waals surface area contributed by atoms with Crippen molar-refractivity contribution >= 4 is 0 Å². The maximum Gasteiger partial charge on any atom is 0.129 e. The van der Waals surface area contributed by atoms with E-state index >= 15 is 0 Å². The highest BCUT2D eigenvalue weighted by Crippen LogP contribution is 2.31. The Hall–Kier alpha value is -1.22. The maximum atomic E-state index is 9.84. The number of hydrogen-bond donors (Lipinski definition) is 2. The second kappa shape index (κ2) is 6.10. The fourth-order valence-electron chi connectivity index (χ4n) is 1.96. The number of aliphatic hydroxyl groups is 1. The molecule has 0 radical (unpaired) electrons. The highest BCUT2D eigenvalue weighted by molar-refractivity contribution is 5.24. The Balaban J connectivity index is 2.81. The molecule has 0 aromatic carbocycles. The van der Waals surface area contributed by atoms with E-state index in [0.29, 0.717) is 6.04 Å². The van der Waals surface area contributed by atoms with Crippen molar-refractivity contribution in [3.8, 4) is 0 Å². The lowest BCUT2D eigenvalue weighted by Gasteiger charge is -2.37. The average molecular weight is 251 g/mol. The first kappa shape index (κ1) is 14.8. The minimum absolute atomic E-state index is 0.357. The molecule has 1 aliphatic heterocycles. The van der Waals surface area contributed by atoms with Crippen LogP contribution < -0.4 is 5.32 Å². The minimum atomic E-state index is -0.513. The summed E-state index contributed by atoms with van der Waals surface area (Å²) in [6, 6.07) is 0.357. The second-order valence-corrected chi connectivity index (χ2v) is 5.53. The minimum Gasteiger partial charge on any atom is -0.489 e. The fraction of sp³-hybridized carbons (Fsp3) is 0.600. The summed E-state index contributed by atoms with van der Waals surface area (Å²) in [5.41, 5.74) is 0.475. The van der Waals surface area contributed by atoms with E-state index in [0.717, 1.165) is 24.3 Å². The van der Waals surface area contributed by atoms with Crippen molar-refractivity contribution in [3.05, 3.63) is 36.3 Å². The molecule has 1 unspecified atom stereocenters. The van der Waals surface area contributed by atoms with Crippen molar-refractivity contribution in [2.75, 3.05) is 0 Å². The molecule has 0 aromatic rings. The SMILES string of the molecule is C=C/C=C(\C=C1/CCC(O)C(C)(C)O1)NC(C)C. The Morgan fingerprint density at radius 3 is 2.72 bits per heavy atom. The van der Waals surface area contributed by atoms with Crippen molar-refractivity contribution in [2.24, 2.45) is 0 Å². The van der Waals surface area contributed by atoms with Gasteiger partial charge >= 0.3 is 0 Å². The number of rotatable bonds is 4. The Labute approximate surface area is 110 Å². The molecule has 1 saturated heterocycles. The van der Waals surface area contributed by atoms with Crippen LogP contribution in [0.1, 0.15) is 40.5 Å². The number of nitrogens with one attached hydrogen (secondary N) is 1. The van der Waals surface area contributed by atoms with Gasteiger partial charge in [0.05, 0.1) is 11.9 Å². The molecular weight excluding hydrogens is 226 g/mol. The Morgan fingerprint density at radius 1 is 1.56 bits per heavy atom. The first-order valence-electron chi connectivity index (χ1n) is 6.52. The van der Waals surface area contributed by atoms with Crippen molar-refractivity contribution in [3.63, 3.8) is 0 Å². The summed E-state index contributed by atoms with van der Waals surface area (Å²) in [7, 11) is 0. The highest BCUT2D eigenvalue weighted by atomic mass is 16.5. The van der Waals surface area contributed by atoms with E-state index in [2.05, 4.69) is 25.7 Å². The summed E-state index contributed by atoms with van der Waals surface area (Å²) >= 11 is 0. The van der Waals surface area contributed by atoms with Gasteiger partial charge in [-0.2, -0.15) is 0 Å². The molecule has 1 aliphatic rings. The van der Waals surface area contributed by atoms with Crippen LogP contribution in [-0.4, -0.2) is 22.9 Å². The largest absolute Gasteiger partial charge is 0.489 e. The van der Waals surface area contributed by atoms with Gasteiger partial charge in [0.1, 0.15) is 5.60 Å². The lowest BCUT2D eigenvalue weighted by atomic mass is 9.93. The first-order chi connectivity index (χ1) is 8.35. The molecule has 3 heteroatoms. The zero-order chi connectivity index (χ0) is 13.8. The lowest BCUT2D eigenvalue weighted by molar-refractivity contribution is -0.0984. The average Bonchev–Trinajstić information content (AvgIpc) is 2.22. The monoisotopic (exact) mass is 251 g/mol. The van der Waals surface area contributed by atoms with Gasteiger partial charge in [-0.1, -0.05) is 12.7 Å². The van der Waals surface area contributed by atoms with Crippen molar-refractivity contribution < 1.29 is 9.84 Å². The third-order valence-corrected chi connectivity index (χ3v) is 2.93. The first-order valence-corrected chi connectivity index (χ1v) is 6.52. The number of hydrogen-bond acceptors (Lipinski definition) is 3. The van der Waals surface area contributed by atoms with Crippen LogP contribution >= 0.6 is 0 Å². The summed E-state index contributed by atoms with van der Waals surface area (Å²) in [4.78, 5) is 0. The van der Waals surface area contributed by atoms with Crippen LogP contribution in [0.25, 0.3) is 0 Å². The molecule has 18 heavy (non-hydrogen) atoms. The van der Waals surface area contributed by atoms with Crippen LogP contribution in [0.15, 0.2) is 36.3 Å². The number of allylic oxidation sites excluding steroid dienone is 4. The Kier molecular flexibility index (Phi) is 5.03. The summed E-state index contributed by atoms with van der Waals surface area (Å²) in [5.74, 6) is 0.909. The van der Waals surface area contributed by atoms with E-state index in [9.17, 15) is 5.11 Å². The molecule has 0 aliphatic carbocycles. The molecule has 0 spiro atoms. The third-order valence-electron chi connectivity index (χ3n) is 2.93. The number of ether oxygens (including phenoxy) is 1. The molecule has 0 aromatic heterocycles. The Bertz CT molecular complexity index is 354. The second-order valence-electron chi connectivity index (χ2n) is 5.53. The van der Waals surface area contributed by atoms with Crippen molar-refractivity contribution in [1.29, 1.82) is 0 Å². The van der Waals surface area contributed by atoms with Gasteiger partial charge in [0.15, 0.2) is 0 Å². The highest BCUT2D eigenvalue weighted by Gasteiger charge is 2.34. The van der Waals surface area contributed by atoms with Crippen LogP contribution in [0.2, 0.25) is 0 Å². The number of aliphatic hydroxyl groups excluding tert-OH is 1. The lowest BCUT2D eigenvalue weighted by Crippen LogP contribution is -2.42. The summed E-state index contributed by atoms with van der Waals surface area (Å²) < 4.78 is 5.84. The van der Waals surface area contributed by atoms with Crippen LogP contribution in [0.3, 0.4) is 0 Å². The zero-order valence-electron chi connectivity index (χ0n) is 11.9. The van der Waals surface area contributed by atoms with Gasteiger partial charge in [0.25, 0.3) is 0 Å². The van der Waals surface area contributed by atoms with E-state index in [1.54, 1.807) is 6.08 Å². The smallest absolute Gasteiger partial charge is 0.129 e. The van der Waals surface area contributed by atoms with Crippen LogP contribution in [0.5, 0.6) is 0 Å². The van der Waals surface area contributed by atoms with E-state index in [-0.39, 0.29) is 0 Å². The zero-order valence-corrected chi connectivity index (χ0v) is 11.9. The van der Waals surface area contributed by atoms with Crippen LogP contribution in [-0.2, 0) is 4.74 Å². The predicted molar refractivity (Wildman–Crippen MR) is 75.0 cm³/mol. The summed E-state index contributed by atoms with van der Waals surface area (Å²) in [5, 5.41) is 13.2. The molecule has 0 amide bonds. The van der Waals surface area contributed by atoms with Gasteiger partial charge in [-0.3, -0.25) is 0 Å². The molecule has 0 saturated carbocycles. The third kappa shape index (κ3) is 4.22. The van der Waals surface area contributed by atoms with Gasteiger partial charge in [0, 0.05) is 18.2 Å². The van der Waals surface area contributed by atoms with Gasteiger partial charge in [-0.25, -0.2) is 0 Å². The fourth-order valence-corrected chi connectivity index (χ4v) is 1.96. The maximum absolute atomic E-state index is 9.84. The molecule has 3 nitrogen and oxygen atoms in total. The topological polar surface area (TPSA) is 41.5 Å². The van der Waals surface area contributed by atoms with Crippen LogP contribution in [0.4, 0.5) is 0 Å². The summed E-state index contributed by atoms with van der Waals surface area (Å²) in [6.45, 7) is 11.7. The molecule has 2 N–H and O–H groups in total. The molecule has 1 heterocycles. The molecule has 1 rings (SSSR count). The molecule has 1 atom stereocenters. The summed E-state index contributed by atoms with van der Waals surface area (Å²) in [6.07, 6.45) is 6.77. The van der Waals surface area contributed by atoms with E-state index < -0.39 is 11.7 Å². The molecule has 0 bridgehead atoms. The molecule has 102 valence electrons. The molecule has 1 fully saturated rings. The van der Waals surface area contributed by atoms with Gasteiger partial charge in [-0.05, 0) is 46.3 Å². The predicted octanol–water partition coefficient (Wildman–Crippen LogP) is 2.89. The van der Waals surface area contributed by atoms with Gasteiger partial charge < -0.3 is 15.2 Å². The van der Waals surface area contributed by atoms with Gasteiger partial charge in [0.2, 0.25) is 0 Å². The normalized spacial score (nSPS) is 26.0.